The molecule has 1 aromatic rings. The molecule has 1 aromatic carbocycles. The van der Waals surface area contributed by atoms with Crippen molar-refractivity contribution in [3.63, 3.8) is 0 Å². The van der Waals surface area contributed by atoms with Crippen molar-refractivity contribution in [1.29, 1.82) is 0 Å². The first-order chi connectivity index (χ1) is 5.92. The number of rotatable bonds is 2. The van der Waals surface area contributed by atoms with Crippen LogP contribution in [-0.2, 0) is 16.1 Å². The molecular formula is C10H10O2. The zero-order valence-electron chi connectivity index (χ0n) is 6.69. The molecule has 0 aliphatic carbocycles. The molecule has 0 aromatic heterocycles. The van der Waals surface area contributed by atoms with Crippen molar-refractivity contribution in [2.24, 2.45) is 0 Å². The summed E-state index contributed by atoms with van der Waals surface area (Å²) in [6, 6.07) is 8.04. The van der Waals surface area contributed by atoms with Crippen molar-refractivity contribution >= 4 is 6.29 Å². The Morgan fingerprint density at radius 3 is 3.17 bits per heavy atom. The molecule has 1 aliphatic rings. The molecule has 2 heteroatoms. The van der Waals surface area contributed by atoms with Crippen LogP contribution in [0.3, 0.4) is 0 Å². The fourth-order valence-corrected chi connectivity index (χ4v) is 1.54. The minimum Gasteiger partial charge on any atom is -0.368 e. The molecule has 62 valence electrons. The van der Waals surface area contributed by atoms with Gasteiger partial charge in [0, 0.05) is 6.42 Å². The van der Waals surface area contributed by atoms with Gasteiger partial charge in [-0.15, -0.1) is 0 Å². The van der Waals surface area contributed by atoms with E-state index in [4.69, 9.17) is 4.74 Å². The zero-order valence-corrected chi connectivity index (χ0v) is 6.69. The number of benzene rings is 1. The van der Waals surface area contributed by atoms with Crippen molar-refractivity contribution in [2.75, 3.05) is 0 Å². The van der Waals surface area contributed by atoms with Gasteiger partial charge in [-0.3, -0.25) is 0 Å². The molecule has 0 radical (unpaired) electrons. The lowest BCUT2D eigenvalue weighted by molar-refractivity contribution is -0.110. The molecule has 1 aliphatic heterocycles. The Labute approximate surface area is 71.2 Å². The van der Waals surface area contributed by atoms with Crippen molar-refractivity contribution < 1.29 is 9.53 Å². The monoisotopic (exact) mass is 162 g/mol. The lowest BCUT2D eigenvalue weighted by atomic mass is 10.0. The lowest BCUT2D eigenvalue weighted by Crippen LogP contribution is -1.95. The number of carbonyl (C=O) groups is 1. The number of fused-ring (bicyclic) bond motifs is 1. The Hall–Kier alpha value is -1.15. The minimum absolute atomic E-state index is 0.00120. The van der Waals surface area contributed by atoms with Gasteiger partial charge in [0.25, 0.3) is 0 Å². The van der Waals surface area contributed by atoms with E-state index in [-0.39, 0.29) is 6.10 Å². The SMILES string of the molecule is O=CCC1OCc2ccccc21. The molecule has 1 atom stereocenters. The minimum atomic E-state index is -0.00120. The number of aldehydes is 1. The predicted octanol–water partition coefficient (Wildman–Crippen LogP) is 1.85. The van der Waals surface area contributed by atoms with E-state index in [1.165, 1.54) is 11.1 Å². The molecule has 0 amide bonds. The quantitative estimate of drug-likeness (QED) is 0.620. The summed E-state index contributed by atoms with van der Waals surface area (Å²) in [5.41, 5.74) is 2.38. The third kappa shape index (κ3) is 1.14. The number of hydrogen-bond acceptors (Lipinski definition) is 2. The normalized spacial score (nSPS) is 20.5. The number of ether oxygens (including phenoxy) is 1. The Morgan fingerprint density at radius 1 is 1.50 bits per heavy atom. The number of carbonyl (C=O) groups excluding carboxylic acids is 1. The van der Waals surface area contributed by atoms with Crippen LogP contribution >= 0.6 is 0 Å². The van der Waals surface area contributed by atoms with Crippen LogP contribution in [0.1, 0.15) is 23.7 Å². The smallest absolute Gasteiger partial charge is 0.122 e. The molecule has 0 N–H and O–H groups in total. The van der Waals surface area contributed by atoms with Crippen LogP contribution in [0.15, 0.2) is 24.3 Å². The van der Waals surface area contributed by atoms with Crippen LogP contribution in [0.25, 0.3) is 0 Å². The van der Waals surface area contributed by atoms with Gasteiger partial charge < -0.3 is 9.53 Å². The van der Waals surface area contributed by atoms with E-state index in [9.17, 15) is 4.79 Å². The molecule has 2 rings (SSSR count). The first-order valence-corrected chi connectivity index (χ1v) is 4.05. The second kappa shape index (κ2) is 3.07. The fraction of sp³-hybridized carbons (Fsp3) is 0.300. The van der Waals surface area contributed by atoms with Gasteiger partial charge in [-0.1, -0.05) is 24.3 Å². The van der Waals surface area contributed by atoms with Crippen LogP contribution in [0, 0.1) is 0 Å². The fourth-order valence-electron chi connectivity index (χ4n) is 1.54. The highest BCUT2D eigenvalue weighted by Crippen LogP contribution is 2.31. The molecule has 0 spiro atoms. The Morgan fingerprint density at radius 2 is 2.33 bits per heavy atom. The largest absolute Gasteiger partial charge is 0.368 e. The second-order valence-corrected chi connectivity index (χ2v) is 2.90. The van der Waals surface area contributed by atoms with Crippen LogP contribution in [0.2, 0.25) is 0 Å². The van der Waals surface area contributed by atoms with E-state index in [2.05, 4.69) is 0 Å². The average molecular weight is 162 g/mol. The van der Waals surface area contributed by atoms with Crippen molar-refractivity contribution in [3.05, 3.63) is 35.4 Å². The molecule has 0 saturated heterocycles. The van der Waals surface area contributed by atoms with E-state index < -0.39 is 0 Å². The summed E-state index contributed by atoms with van der Waals surface area (Å²) < 4.78 is 5.43. The summed E-state index contributed by atoms with van der Waals surface area (Å²) in [7, 11) is 0. The topological polar surface area (TPSA) is 26.3 Å². The Bertz CT molecular complexity index is 294. The number of hydrogen-bond donors (Lipinski definition) is 0. The third-order valence-electron chi connectivity index (χ3n) is 2.15. The highest BCUT2D eigenvalue weighted by molar-refractivity contribution is 5.52. The first kappa shape index (κ1) is 7.50. The molecule has 1 unspecified atom stereocenters. The summed E-state index contributed by atoms with van der Waals surface area (Å²) in [5, 5.41) is 0. The van der Waals surface area contributed by atoms with Crippen LogP contribution in [-0.4, -0.2) is 6.29 Å². The maximum atomic E-state index is 10.3. The first-order valence-electron chi connectivity index (χ1n) is 4.05. The molecule has 0 bridgehead atoms. The van der Waals surface area contributed by atoms with Crippen molar-refractivity contribution in [1.82, 2.24) is 0 Å². The maximum absolute atomic E-state index is 10.3. The summed E-state index contributed by atoms with van der Waals surface area (Å²) >= 11 is 0. The van der Waals surface area contributed by atoms with Gasteiger partial charge in [-0.2, -0.15) is 0 Å². The predicted molar refractivity (Wildman–Crippen MR) is 44.7 cm³/mol. The Balaban J connectivity index is 2.29. The molecule has 1 heterocycles. The zero-order chi connectivity index (χ0) is 8.39. The van der Waals surface area contributed by atoms with E-state index in [0.29, 0.717) is 13.0 Å². The van der Waals surface area contributed by atoms with E-state index in [1.54, 1.807) is 0 Å². The maximum Gasteiger partial charge on any atom is 0.122 e. The second-order valence-electron chi connectivity index (χ2n) is 2.90. The molecule has 0 saturated carbocycles. The van der Waals surface area contributed by atoms with Crippen LogP contribution < -0.4 is 0 Å². The third-order valence-corrected chi connectivity index (χ3v) is 2.15. The standard InChI is InChI=1S/C10H10O2/c11-6-5-10-9-4-2-1-3-8(9)7-12-10/h1-4,6,10H,5,7H2. The summed E-state index contributed by atoms with van der Waals surface area (Å²) in [5.74, 6) is 0. The van der Waals surface area contributed by atoms with Crippen molar-refractivity contribution in [2.45, 2.75) is 19.1 Å². The van der Waals surface area contributed by atoms with Gasteiger partial charge in [-0.25, -0.2) is 0 Å². The van der Waals surface area contributed by atoms with Gasteiger partial charge in [0.1, 0.15) is 6.29 Å². The van der Waals surface area contributed by atoms with Crippen LogP contribution in [0.4, 0.5) is 0 Å². The van der Waals surface area contributed by atoms with E-state index >= 15 is 0 Å². The van der Waals surface area contributed by atoms with E-state index in [0.717, 1.165) is 6.29 Å². The lowest BCUT2D eigenvalue weighted by Gasteiger charge is -2.05. The molecular weight excluding hydrogens is 152 g/mol. The van der Waals surface area contributed by atoms with E-state index in [1.807, 2.05) is 24.3 Å². The summed E-state index contributed by atoms with van der Waals surface area (Å²) in [4.78, 5) is 10.3. The van der Waals surface area contributed by atoms with Crippen LogP contribution in [0.5, 0.6) is 0 Å². The molecule has 2 nitrogen and oxygen atoms in total. The molecule has 0 fully saturated rings. The van der Waals surface area contributed by atoms with Gasteiger partial charge >= 0.3 is 0 Å². The highest BCUT2D eigenvalue weighted by atomic mass is 16.5. The molecule has 12 heavy (non-hydrogen) atoms. The highest BCUT2D eigenvalue weighted by Gasteiger charge is 2.21. The van der Waals surface area contributed by atoms with Gasteiger partial charge in [0.2, 0.25) is 0 Å². The Kier molecular flexibility index (Phi) is 1.92. The van der Waals surface area contributed by atoms with Crippen molar-refractivity contribution in [3.8, 4) is 0 Å². The summed E-state index contributed by atoms with van der Waals surface area (Å²) in [6.07, 6.45) is 1.38. The van der Waals surface area contributed by atoms with Gasteiger partial charge in [0.05, 0.1) is 12.7 Å². The summed E-state index contributed by atoms with van der Waals surface area (Å²) in [6.45, 7) is 0.647. The van der Waals surface area contributed by atoms with Gasteiger partial charge in [0.15, 0.2) is 0 Å². The average Bonchev–Trinajstić information content (AvgIpc) is 2.50. The van der Waals surface area contributed by atoms with Gasteiger partial charge in [-0.05, 0) is 11.1 Å².